The van der Waals surface area contributed by atoms with E-state index in [0.29, 0.717) is 18.8 Å². The summed E-state index contributed by atoms with van der Waals surface area (Å²) in [7, 11) is 0. The summed E-state index contributed by atoms with van der Waals surface area (Å²) in [6.07, 6.45) is 7.31. The molecular formula is C15H19N3OS. The summed E-state index contributed by atoms with van der Waals surface area (Å²) in [5, 5.41) is 2.98. The van der Waals surface area contributed by atoms with Crippen LogP contribution in [0.15, 0.2) is 18.3 Å². The molecule has 0 radical (unpaired) electrons. The Bertz CT molecular complexity index is 521. The zero-order chi connectivity index (χ0) is 14.4. The highest BCUT2D eigenvalue weighted by molar-refractivity contribution is 8.00. The topological polar surface area (TPSA) is 68.0 Å². The summed E-state index contributed by atoms with van der Waals surface area (Å²) in [6, 6.07) is 3.49. The Morgan fingerprint density at radius 2 is 2.35 bits per heavy atom. The molecule has 1 aliphatic rings. The number of pyridine rings is 1. The number of rotatable bonds is 4. The second-order valence-corrected chi connectivity index (χ2v) is 6.14. The van der Waals surface area contributed by atoms with E-state index in [0.717, 1.165) is 5.56 Å². The van der Waals surface area contributed by atoms with E-state index in [1.165, 1.54) is 19.3 Å². The molecule has 1 aliphatic carbocycles. The Balaban J connectivity index is 1.92. The van der Waals surface area contributed by atoms with Crippen molar-refractivity contribution in [2.75, 3.05) is 19.3 Å². The molecule has 0 spiro atoms. The number of hydrogen-bond acceptors (Lipinski definition) is 4. The third-order valence-corrected chi connectivity index (χ3v) is 5.02. The largest absolute Gasteiger partial charge is 0.349 e. The van der Waals surface area contributed by atoms with Crippen molar-refractivity contribution in [2.24, 2.45) is 5.73 Å². The van der Waals surface area contributed by atoms with Crippen molar-refractivity contribution >= 4 is 17.7 Å². The quantitative estimate of drug-likeness (QED) is 0.822. The summed E-state index contributed by atoms with van der Waals surface area (Å²) in [5.74, 6) is 5.52. The van der Waals surface area contributed by atoms with Crippen molar-refractivity contribution < 1.29 is 4.79 Å². The third-order valence-electron chi connectivity index (χ3n) is 3.60. The van der Waals surface area contributed by atoms with Gasteiger partial charge in [0.15, 0.2) is 0 Å². The predicted molar refractivity (Wildman–Crippen MR) is 82.6 cm³/mol. The van der Waals surface area contributed by atoms with Gasteiger partial charge < -0.3 is 11.1 Å². The summed E-state index contributed by atoms with van der Waals surface area (Å²) in [5.41, 5.74) is 6.51. The van der Waals surface area contributed by atoms with Crippen molar-refractivity contribution in [3.63, 3.8) is 0 Å². The number of nitrogens with zero attached hydrogens (tertiary/aromatic N) is 1. The van der Waals surface area contributed by atoms with Gasteiger partial charge in [0.05, 0.1) is 6.54 Å². The van der Waals surface area contributed by atoms with Crippen LogP contribution in [0.1, 0.15) is 35.3 Å². The zero-order valence-corrected chi connectivity index (χ0v) is 12.4. The lowest BCUT2D eigenvalue weighted by atomic mass is 9.84. The number of hydrogen-bond donors (Lipinski definition) is 2. The minimum atomic E-state index is -0.122. The fourth-order valence-electron chi connectivity index (χ4n) is 2.11. The van der Waals surface area contributed by atoms with Gasteiger partial charge in [-0.15, -0.1) is 0 Å². The molecule has 20 heavy (non-hydrogen) atoms. The highest BCUT2D eigenvalue weighted by Gasteiger charge is 2.36. The van der Waals surface area contributed by atoms with Crippen LogP contribution in [-0.2, 0) is 0 Å². The van der Waals surface area contributed by atoms with Crippen LogP contribution >= 0.6 is 11.8 Å². The number of amides is 1. The SMILES string of the molecule is CSC1(CNC(=O)c2ccc(C#CCN)cn2)CCC1. The lowest BCUT2D eigenvalue weighted by Crippen LogP contribution is -2.45. The number of carbonyl (C=O) groups excluding carboxylic acids is 1. The van der Waals surface area contributed by atoms with Crippen LogP contribution in [0.5, 0.6) is 0 Å². The molecular weight excluding hydrogens is 270 g/mol. The van der Waals surface area contributed by atoms with Gasteiger partial charge in [0.25, 0.3) is 5.91 Å². The molecule has 0 aromatic carbocycles. The Morgan fingerprint density at radius 1 is 1.55 bits per heavy atom. The number of nitrogens with two attached hydrogens (primary N) is 1. The predicted octanol–water partition coefficient (Wildman–Crippen LogP) is 1.41. The first kappa shape index (κ1) is 14.9. The Kier molecular flexibility index (Phi) is 5.05. The van der Waals surface area contributed by atoms with E-state index in [9.17, 15) is 4.79 Å². The standard InChI is InChI=1S/C15H19N3OS/c1-20-15(7-3-8-15)11-18-14(19)13-6-5-12(10-17-13)4-2-9-16/h5-6,10H,3,7-9,11,16H2,1H3,(H,18,19). The number of thioether (sulfide) groups is 1. The second-order valence-electron chi connectivity index (χ2n) is 4.86. The molecule has 0 aliphatic heterocycles. The first-order valence-corrected chi connectivity index (χ1v) is 7.90. The molecule has 106 valence electrons. The van der Waals surface area contributed by atoms with E-state index in [1.807, 2.05) is 11.8 Å². The maximum absolute atomic E-state index is 12.0. The van der Waals surface area contributed by atoms with Gasteiger partial charge in [-0.1, -0.05) is 18.3 Å². The van der Waals surface area contributed by atoms with Crippen molar-refractivity contribution in [1.29, 1.82) is 0 Å². The van der Waals surface area contributed by atoms with E-state index in [4.69, 9.17) is 5.73 Å². The van der Waals surface area contributed by atoms with Crippen LogP contribution in [0.4, 0.5) is 0 Å². The molecule has 1 amide bonds. The van der Waals surface area contributed by atoms with Gasteiger partial charge in [-0.25, -0.2) is 4.98 Å². The molecule has 0 atom stereocenters. The molecule has 0 bridgehead atoms. The van der Waals surface area contributed by atoms with Crippen LogP contribution in [-0.4, -0.2) is 35.0 Å². The summed E-state index contributed by atoms with van der Waals surface area (Å²) in [6.45, 7) is 1.03. The first-order chi connectivity index (χ1) is 9.69. The molecule has 1 fully saturated rings. The minimum Gasteiger partial charge on any atom is -0.349 e. The maximum atomic E-state index is 12.0. The molecule has 0 saturated heterocycles. The monoisotopic (exact) mass is 289 g/mol. The van der Waals surface area contributed by atoms with E-state index in [2.05, 4.69) is 28.4 Å². The molecule has 4 nitrogen and oxygen atoms in total. The zero-order valence-electron chi connectivity index (χ0n) is 11.6. The smallest absolute Gasteiger partial charge is 0.269 e. The van der Waals surface area contributed by atoms with Crippen LogP contribution in [0.25, 0.3) is 0 Å². The van der Waals surface area contributed by atoms with Crippen molar-refractivity contribution in [2.45, 2.75) is 24.0 Å². The lowest BCUT2D eigenvalue weighted by molar-refractivity contribution is 0.0939. The van der Waals surface area contributed by atoms with Crippen molar-refractivity contribution in [1.82, 2.24) is 10.3 Å². The van der Waals surface area contributed by atoms with Gasteiger partial charge in [0, 0.05) is 23.1 Å². The third kappa shape index (κ3) is 3.53. The van der Waals surface area contributed by atoms with Crippen molar-refractivity contribution in [3.8, 4) is 11.8 Å². The lowest BCUT2D eigenvalue weighted by Gasteiger charge is -2.40. The average Bonchev–Trinajstić information content (AvgIpc) is 2.45. The maximum Gasteiger partial charge on any atom is 0.269 e. The Morgan fingerprint density at radius 3 is 2.85 bits per heavy atom. The van der Waals surface area contributed by atoms with Crippen molar-refractivity contribution in [3.05, 3.63) is 29.6 Å². The molecule has 1 saturated carbocycles. The Hall–Kier alpha value is -1.51. The molecule has 3 N–H and O–H groups in total. The summed E-state index contributed by atoms with van der Waals surface area (Å²) in [4.78, 5) is 16.2. The highest BCUT2D eigenvalue weighted by Crippen LogP contribution is 2.42. The first-order valence-electron chi connectivity index (χ1n) is 6.67. The Labute approximate surface area is 123 Å². The second kappa shape index (κ2) is 6.78. The number of aromatic nitrogens is 1. The van der Waals surface area contributed by atoms with E-state index < -0.39 is 0 Å². The molecule has 0 unspecified atom stereocenters. The summed E-state index contributed by atoms with van der Waals surface area (Å²) < 4.78 is 0.238. The molecule has 1 aromatic heterocycles. The van der Waals surface area contributed by atoms with Gasteiger partial charge >= 0.3 is 0 Å². The fraction of sp³-hybridized carbons (Fsp3) is 0.467. The highest BCUT2D eigenvalue weighted by atomic mass is 32.2. The minimum absolute atomic E-state index is 0.122. The molecule has 2 rings (SSSR count). The molecule has 1 aromatic rings. The molecule has 5 heteroatoms. The van der Waals surface area contributed by atoms with Gasteiger partial charge in [-0.3, -0.25) is 4.79 Å². The fourth-order valence-corrected chi connectivity index (χ4v) is 3.02. The average molecular weight is 289 g/mol. The van der Waals surface area contributed by atoms with E-state index in [1.54, 1.807) is 18.3 Å². The van der Waals surface area contributed by atoms with Gasteiger partial charge in [-0.05, 0) is 31.2 Å². The number of carbonyl (C=O) groups is 1. The summed E-state index contributed by atoms with van der Waals surface area (Å²) >= 11 is 1.84. The van der Waals surface area contributed by atoms with Gasteiger partial charge in [-0.2, -0.15) is 11.8 Å². The van der Waals surface area contributed by atoms with Gasteiger partial charge in [0.1, 0.15) is 5.69 Å². The van der Waals surface area contributed by atoms with Crippen LogP contribution in [0, 0.1) is 11.8 Å². The van der Waals surface area contributed by atoms with E-state index >= 15 is 0 Å². The van der Waals surface area contributed by atoms with Crippen LogP contribution in [0.2, 0.25) is 0 Å². The normalized spacial score (nSPS) is 15.7. The van der Waals surface area contributed by atoms with Gasteiger partial charge in [0.2, 0.25) is 0 Å². The van der Waals surface area contributed by atoms with Crippen LogP contribution in [0.3, 0.4) is 0 Å². The molecule has 1 heterocycles. The van der Waals surface area contributed by atoms with Crippen LogP contribution < -0.4 is 11.1 Å². The number of nitrogens with one attached hydrogen (secondary N) is 1. The van der Waals surface area contributed by atoms with E-state index in [-0.39, 0.29) is 10.7 Å².